The number of Topliss-reactive ketones (excluding diaryl/α,β-unsaturated/α-hetero) is 2. The predicted octanol–water partition coefficient (Wildman–Crippen LogP) is 4.01. The second-order valence-electron chi connectivity index (χ2n) is 9.23. The molecule has 164 valence electrons. The van der Waals surface area contributed by atoms with Crippen LogP contribution in [0.4, 0.5) is 0 Å². The molecule has 0 spiro atoms. The molecule has 1 heterocycles. The first-order chi connectivity index (χ1) is 14.9. The summed E-state index contributed by atoms with van der Waals surface area (Å²) in [5.41, 5.74) is 3.39. The maximum absolute atomic E-state index is 13.3. The van der Waals surface area contributed by atoms with Crippen molar-refractivity contribution in [3.63, 3.8) is 0 Å². The SMILES string of the molecule is O=C1CC[C@H](C[C@@H](C(=O)Cc2nncs2)c2ccc(S(=O)(=O)C3CC3)c(C3CC3)c2)C1. The fraction of sp³-hybridized carbons (Fsp3) is 0.565. The van der Waals surface area contributed by atoms with E-state index in [1.54, 1.807) is 11.6 Å². The summed E-state index contributed by atoms with van der Waals surface area (Å²) in [6.07, 6.45) is 6.28. The van der Waals surface area contributed by atoms with Crippen LogP contribution < -0.4 is 0 Å². The molecule has 6 nitrogen and oxygen atoms in total. The Morgan fingerprint density at radius 2 is 1.97 bits per heavy atom. The molecule has 1 aromatic heterocycles. The van der Waals surface area contributed by atoms with Gasteiger partial charge in [0.15, 0.2) is 9.84 Å². The molecule has 31 heavy (non-hydrogen) atoms. The highest BCUT2D eigenvalue weighted by atomic mass is 32.2. The summed E-state index contributed by atoms with van der Waals surface area (Å²) in [4.78, 5) is 25.6. The van der Waals surface area contributed by atoms with Gasteiger partial charge in [-0.2, -0.15) is 0 Å². The highest BCUT2D eigenvalue weighted by Crippen LogP contribution is 2.47. The van der Waals surface area contributed by atoms with E-state index < -0.39 is 9.84 Å². The van der Waals surface area contributed by atoms with Gasteiger partial charge in [-0.1, -0.05) is 12.1 Å². The van der Waals surface area contributed by atoms with E-state index in [1.165, 1.54) is 11.3 Å². The van der Waals surface area contributed by atoms with Gasteiger partial charge in [0, 0.05) is 18.8 Å². The van der Waals surface area contributed by atoms with Crippen LogP contribution in [0.5, 0.6) is 0 Å². The van der Waals surface area contributed by atoms with Crippen molar-refractivity contribution in [3.8, 4) is 0 Å². The maximum Gasteiger partial charge on any atom is 0.181 e. The molecule has 2 aromatic rings. The van der Waals surface area contributed by atoms with Crippen LogP contribution >= 0.6 is 11.3 Å². The third kappa shape index (κ3) is 4.51. The molecule has 0 saturated heterocycles. The van der Waals surface area contributed by atoms with Gasteiger partial charge >= 0.3 is 0 Å². The minimum absolute atomic E-state index is 0.0654. The average Bonchev–Trinajstić information content (AvgIpc) is 3.67. The van der Waals surface area contributed by atoms with Crippen LogP contribution in [0.2, 0.25) is 0 Å². The van der Waals surface area contributed by atoms with Crippen molar-refractivity contribution in [2.75, 3.05) is 0 Å². The number of ketones is 2. The van der Waals surface area contributed by atoms with Crippen LogP contribution in [0.15, 0.2) is 28.6 Å². The molecule has 3 fully saturated rings. The van der Waals surface area contributed by atoms with Crippen LogP contribution in [0.1, 0.15) is 79.3 Å². The monoisotopic (exact) mass is 458 g/mol. The number of aromatic nitrogens is 2. The summed E-state index contributed by atoms with van der Waals surface area (Å²) in [5, 5.41) is 8.30. The standard InChI is InChI=1S/C23H26N2O4S2/c26-17-5-1-14(9-17)10-19(21(27)12-23-25-24-13-30-23)16-4-8-22(20(11-16)15-2-3-15)31(28,29)18-6-7-18/h4,8,11,13-15,18-19H,1-3,5-7,9-10,12H2/t14-,19+/m0/s1. The lowest BCUT2D eigenvalue weighted by atomic mass is 9.83. The summed E-state index contributed by atoms with van der Waals surface area (Å²) in [6.45, 7) is 0. The zero-order valence-electron chi connectivity index (χ0n) is 17.3. The number of hydrogen-bond acceptors (Lipinski definition) is 7. The quantitative estimate of drug-likeness (QED) is 0.564. The van der Waals surface area contributed by atoms with E-state index in [9.17, 15) is 18.0 Å². The van der Waals surface area contributed by atoms with Gasteiger partial charge < -0.3 is 0 Å². The third-order valence-electron chi connectivity index (χ3n) is 6.76. The lowest BCUT2D eigenvalue weighted by Crippen LogP contribution is -2.19. The molecule has 2 atom stereocenters. The van der Waals surface area contributed by atoms with Gasteiger partial charge in [-0.15, -0.1) is 21.5 Å². The Balaban J connectivity index is 1.48. The second-order valence-corrected chi connectivity index (χ2v) is 12.3. The van der Waals surface area contributed by atoms with Gasteiger partial charge in [0.1, 0.15) is 22.1 Å². The number of nitrogens with zero attached hydrogens (tertiary/aromatic N) is 2. The van der Waals surface area contributed by atoms with E-state index >= 15 is 0 Å². The first-order valence-electron chi connectivity index (χ1n) is 11.1. The van der Waals surface area contributed by atoms with Crippen LogP contribution in [0.3, 0.4) is 0 Å². The Bertz CT molecular complexity index is 1100. The van der Waals surface area contributed by atoms with Crippen molar-refractivity contribution >= 4 is 32.7 Å². The Hall–Kier alpha value is -1.93. The Kier molecular flexibility index (Phi) is 5.54. The molecule has 5 rings (SSSR count). The Morgan fingerprint density at radius 1 is 1.16 bits per heavy atom. The smallest absolute Gasteiger partial charge is 0.181 e. The van der Waals surface area contributed by atoms with Gasteiger partial charge in [0.05, 0.1) is 16.6 Å². The van der Waals surface area contributed by atoms with E-state index in [0.717, 1.165) is 43.2 Å². The molecule has 1 aromatic carbocycles. The number of carbonyl (C=O) groups excluding carboxylic acids is 2. The lowest BCUT2D eigenvalue weighted by molar-refractivity contribution is -0.121. The minimum Gasteiger partial charge on any atom is -0.300 e. The first-order valence-corrected chi connectivity index (χ1v) is 13.5. The molecule has 0 amide bonds. The minimum atomic E-state index is -3.28. The normalized spacial score (nSPS) is 22.6. The van der Waals surface area contributed by atoms with Gasteiger partial charge in [0.25, 0.3) is 0 Å². The molecular weight excluding hydrogens is 432 g/mol. The van der Waals surface area contributed by atoms with Crippen molar-refractivity contribution in [3.05, 3.63) is 39.8 Å². The number of benzene rings is 1. The number of sulfone groups is 1. The molecule has 0 bridgehead atoms. The predicted molar refractivity (Wildman–Crippen MR) is 117 cm³/mol. The van der Waals surface area contributed by atoms with Crippen LogP contribution in [0, 0.1) is 5.92 Å². The first kappa shape index (κ1) is 20.9. The van der Waals surface area contributed by atoms with Crippen molar-refractivity contribution in [1.82, 2.24) is 10.2 Å². The summed E-state index contributed by atoms with van der Waals surface area (Å²) >= 11 is 1.36. The average molecular weight is 459 g/mol. The number of hydrogen-bond donors (Lipinski definition) is 0. The highest BCUT2D eigenvalue weighted by Gasteiger charge is 2.41. The van der Waals surface area contributed by atoms with Gasteiger partial charge in [-0.05, 0) is 67.6 Å². The van der Waals surface area contributed by atoms with E-state index in [2.05, 4.69) is 10.2 Å². The Morgan fingerprint density at radius 3 is 2.58 bits per heavy atom. The largest absolute Gasteiger partial charge is 0.300 e. The summed E-state index contributed by atoms with van der Waals surface area (Å²) < 4.78 is 25.9. The van der Waals surface area contributed by atoms with E-state index in [-0.39, 0.29) is 41.0 Å². The van der Waals surface area contributed by atoms with E-state index in [1.807, 2.05) is 12.1 Å². The molecule has 0 unspecified atom stereocenters. The van der Waals surface area contributed by atoms with E-state index in [0.29, 0.717) is 29.2 Å². The highest BCUT2D eigenvalue weighted by molar-refractivity contribution is 7.92. The van der Waals surface area contributed by atoms with Gasteiger partial charge in [-0.3, -0.25) is 9.59 Å². The molecular formula is C23H26N2O4S2. The molecule has 0 aliphatic heterocycles. The zero-order chi connectivity index (χ0) is 21.6. The maximum atomic E-state index is 13.3. The molecule has 0 N–H and O–H groups in total. The van der Waals surface area contributed by atoms with Crippen LogP contribution in [0.25, 0.3) is 0 Å². The Labute approximate surface area is 186 Å². The van der Waals surface area contributed by atoms with Crippen molar-refractivity contribution in [2.45, 2.75) is 79.8 Å². The van der Waals surface area contributed by atoms with Crippen molar-refractivity contribution < 1.29 is 18.0 Å². The third-order valence-corrected chi connectivity index (χ3v) is 9.79. The molecule has 0 radical (unpaired) electrons. The van der Waals surface area contributed by atoms with Crippen LogP contribution in [-0.2, 0) is 25.8 Å². The number of rotatable bonds is 9. The van der Waals surface area contributed by atoms with Crippen molar-refractivity contribution in [2.24, 2.45) is 5.92 Å². The lowest BCUT2D eigenvalue weighted by Gasteiger charge is -2.21. The summed E-state index contributed by atoms with van der Waals surface area (Å²) in [7, 11) is -3.28. The second kappa shape index (κ2) is 8.20. The zero-order valence-corrected chi connectivity index (χ0v) is 19.0. The van der Waals surface area contributed by atoms with Crippen molar-refractivity contribution in [1.29, 1.82) is 0 Å². The number of carbonyl (C=O) groups is 2. The molecule has 8 heteroatoms. The fourth-order valence-electron chi connectivity index (χ4n) is 4.74. The van der Waals surface area contributed by atoms with Gasteiger partial charge in [0.2, 0.25) is 0 Å². The topological polar surface area (TPSA) is 94.1 Å². The summed E-state index contributed by atoms with van der Waals surface area (Å²) in [6, 6.07) is 5.55. The fourth-order valence-corrected chi connectivity index (χ4v) is 7.20. The molecule has 3 aliphatic carbocycles. The van der Waals surface area contributed by atoms with E-state index in [4.69, 9.17) is 0 Å². The molecule has 3 saturated carbocycles. The summed E-state index contributed by atoms with van der Waals surface area (Å²) in [5.74, 6) is 0.459. The molecule has 3 aliphatic rings. The van der Waals surface area contributed by atoms with Gasteiger partial charge in [-0.25, -0.2) is 8.42 Å². The van der Waals surface area contributed by atoms with Crippen LogP contribution in [-0.4, -0.2) is 35.4 Å².